The number of rotatable bonds is 7. The summed E-state index contributed by atoms with van der Waals surface area (Å²) in [5, 5.41) is 2.80. The molecule has 19 heavy (non-hydrogen) atoms. The summed E-state index contributed by atoms with van der Waals surface area (Å²) in [6.07, 6.45) is 4.03. The van der Waals surface area contributed by atoms with E-state index in [2.05, 4.69) is 40.1 Å². The van der Waals surface area contributed by atoms with E-state index in [1.54, 1.807) is 12.3 Å². The minimum Gasteiger partial charge on any atom is -0.330 e. The SMILES string of the molecule is CC(C)C(CCN)CCC(=O)Nc1ccc(Br)cn1. The molecule has 1 amide bonds. The molecule has 1 rings (SSSR count). The van der Waals surface area contributed by atoms with Gasteiger partial charge in [0.1, 0.15) is 5.82 Å². The predicted octanol–water partition coefficient (Wildman–Crippen LogP) is 3.18. The molecular formula is C14H22BrN3O. The summed E-state index contributed by atoms with van der Waals surface area (Å²) in [6.45, 7) is 5.03. The van der Waals surface area contributed by atoms with Crippen molar-refractivity contribution in [3.8, 4) is 0 Å². The maximum Gasteiger partial charge on any atom is 0.225 e. The van der Waals surface area contributed by atoms with Crippen LogP contribution in [0.4, 0.5) is 5.82 Å². The Morgan fingerprint density at radius 1 is 1.42 bits per heavy atom. The molecule has 0 fully saturated rings. The second-order valence-electron chi connectivity index (χ2n) is 5.03. The van der Waals surface area contributed by atoms with Gasteiger partial charge in [-0.2, -0.15) is 0 Å². The van der Waals surface area contributed by atoms with E-state index in [0.717, 1.165) is 17.3 Å². The van der Waals surface area contributed by atoms with Crippen LogP contribution in [0, 0.1) is 11.8 Å². The van der Waals surface area contributed by atoms with Crippen LogP contribution in [0.25, 0.3) is 0 Å². The number of hydrogen-bond acceptors (Lipinski definition) is 3. The highest BCUT2D eigenvalue weighted by molar-refractivity contribution is 9.10. The van der Waals surface area contributed by atoms with Crippen LogP contribution in [-0.2, 0) is 4.79 Å². The van der Waals surface area contributed by atoms with Gasteiger partial charge < -0.3 is 11.1 Å². The van der Waals surface area contributed by atoms with Gasteiger partial charge >= 0.3 is 0 Å². The topological polar surface area (TPSA) is 68.0 Å². The number of carbonyl (C=O) groups excluding carboxylic acids is 1. The number of hydrogen-bond donors (Lipinski definition) is 2. The number of carbonyl (C=O) groups is 1. The molecule has 0 aromatic carbocycles. The molecule has 5 heteroatoms. The third-order valence-electron chi connectivity index (χ3n) is 3.22. The minimum atomic E-state index is 0.0116. The fourth-order valence-electron chi connectivity index (χ4n) is 2.00. The van der Waals surface area contributed by atoms with E-state index < -0.39 is 0 Å². The maximum absolute atomic E-state index is 11.8. The first-order valence-electron chi connectivity index (χ1n) is 6.64. The van der Waals surface area contributed by atoms with Crippen LogP contribution >= 0.6 is 15.9 Å². The summed E-state index contributed by atoms with van der Waals surface area (Å²) in [5.74, 6) is 1.67. The van der Waals surface area contributed by atoms with Crippen LogP contribution in [0.3, 0.4) is 0 Å². The van der Waals surface area contributed by atoms with Gasteiger partial charge in [0.05, 0.1) is 0 Å². The lowest BCUT2D eigenvalue weighted by atomic mass is 9.88. The third kappa shape index (κ3) is 6.16. The molecule has 1 aromatic heterocycles. The highest BCUT2D eigenvalue weighted by atomic mass is 79.9. The zero-order valence-electron chi connectivity index (χ0n) is 11.5. The van der Waals surface area contributed by atoms with Gasteiger partial charge in [0.15, 0.2) is 0 Å². The Hall–Kier alpha value is -0.940. The van der Waals surface area contributed by atoms with Crippen molar-refractivity contribution in [2.75, 3.05) is 11.9 Å². The lowest BCUT2D eigenvalue weighted by Gasteiger charge is -2.19. The van der Waals surface area contributed by atoms with Crippen molar-refractivity contribution in [1.82, 2.24) is 4.98 Å². The number of nitrogens with one attached hydrogen (secondary N) is 1. The lowest BCUT2D eigenvalue weighted by Crippen LogP contribution is -2.18. The maximum atomic E-state index is 11.8. The van der Waals surface area contributed by atoms with Gasteiger partial charge in [0, 0.05) is 17.1 Å². The van der Waals surface area contributed by atoms with Crippen LogP contribution < -0.4 is 11.1 Å². The molecule has 0 aliphatic heterocycles. The molecule has 0 saturated carbocycles. The zero-order valence-corrected chi connectivity index (χ0v) is 13.1. The molecule has 0 aliphatic rings. The monoisotopic (exact) mass is 327 g/mol. The second kappa shape index (κ2) is 8.27. The highest BCUT2D eigenvalue weighted by Gasteiger charge is 2.14. The number of halogens is 1. The fraction of sp³-hybridized carbons (Fsp3) is 0.571. The molecule has 1 heterocycles. The Bertz CT molecular complexity index is 392. The summed E-state index contributed by atoms with van der Waals surface area (Å²) in [5.41, 5.74) is 5.60. The molecule has 0 saturated heterocycles. The average Bonchev–Trinajstić information content (AvgIpc) is 2.37. The first kappa shape index (κ1) is 16.1. The number of nitrogens with zero attached hydrogens (tertiary/aromatic N) is 1. The van der Waals surface area contributed by atoms with Gasteiger partial charge in [0.25, 0.3) is 0 Å². The zero-order chi connectivity index (χ0) is 14.3. The van der Waals surface area contributed by atoms with Gasteiger partial charge in [-0.1, -0.05) is 13.8 Å². The average molecular weight is 328 g/mol. The van der Waals surface area contributed by atoms with E-state index in [4.69, 9.17) is 5.73 Å². The molecule has 106 valence electrons. The summed E-state index contributed by atoms with van der Waals surface area (Å²) < 4.78 is 0.897. The summed E-state index contributed by atoms with van der Waals surface area (Å²) in [6, 6.07) is 3.63. The summed E-state index contributed by atoms with van der Waals surface area (Å²) in [4.78, 5) is 16.0. The highest BCUT2D eigenvalue weighted by Crippen LogP contribution is 2.20. The van der Waals surface area contributed by atoms with Crippen LogP contribution in [-0.4, -0.2) is 17.4 Å². The number of pyridine rings is 1. The van der Waals surface area contributed by atoms with Crippen LogP contribution in [0.5, 0.6) is 0 Å². The Kier molecular flexibility index (Phi) is 7.02. The van der Waals surface area contributed by atoms with Gasteiger partial charge in [-0.15, -0.1) is 0 Å². The van der Waals surface area contributed by atoms with Crippen LogP contribution in [0.2, 0.25) is 0 Å². The largest absolute Gasteiger partial charge is 0.330 e. The van der Waals surface area contributed by atoms with E-state index in [0.29, 0.717) is 30.6 Å². The molecule has 0 radical (unpaired) electrons. The summed E-state index contributed by atoms with van der Waals surface area (Å²) in [7, 11) is 0. The van der Waals surface area contributed by atoms with E-state index in [-0.39, 0.29) is 5.91 Å². The standard InChI is InChI=1S/C14H22BrN3O/c1-10(2)11(7-8-16)3-6-14(19)18-13-5-4-12(15)9-17-13/h4-5,9-11H,3,6-8,16H2,1-2H3,(H,17,18,19). The van der Waals surface area contributed by atoms with E-state index in [1.807, 2.05) is 6.07 Å². The van der Waals surface area contributed by atoms with Crippen molar-refractivity contribution < 1.29 is 4.79 Å². The van der Waals surface area contributed by atoms with Crippen molar-refractivity contribution >= 4 is 27.7 Å². The van der Waals surface area contributed by atoms with Crippen molar-refractivity contribution in [3.05, 3.63) is 22.8 Å². The van der Waals surface area contributed by atoms with E-state index in [9.17, 15) is 4.79 Å². The van der Waals surface area contributed by atoms with Crippen molar-refractivity contribution in [3.63, 3.8) is 0 Å². The number of nitrogens with two attached hydrogens (primary N) is 1. The fourth-order valence-corrected chi connectivity index (χ4v) is 2.23. The molecule has 1 atom stereocenters. The van der Waals surface area contributed by atoms with Crippen molar-refractivity contribution in [2.24, 2.45) is 17.6 Å². The molecule has 1 aromatic rings. The number of amides is 1. The lowest BCUT2D eigenvalue weighted by molar-refractivity contribution is -0.116. The molecular weight excluding hydrogens is 306 g/mol. The first-order chi connectivity index (χ1) is 9.02. The number of anilines is 1. The van der Waals surface area contributed by atoms with Crippen molar-refractivity contribution in [1.29, 1.82) is 0 Å². The van der Waals surface area contributed by atoms with Gasteiger partial charge in [0.2, 0.25) is 5.91 Å². The smallest absolute Gasteiger partial charge is 0.225 e. The molecule has 0 spiro atoms. The Balaban J connectivity index is 2.40. The van der Waals surface area contributed by atoms with Gasteiger partial charge in [-0.25, -0.2) is 4.98 Å². The van der Waals surface area contributed by atoms with Crippen molar-refractivity contribution in [2.45, 2.75) is 33.1 Å². The Labute approximate surface area is 123 Å². The predicted molar refractivity (Wildman–Crippen MR) is 81.8 cm³/mol. The Morgan fingerprint density at radius 3 is 2.68 bits per heavy atom. The molecule has 4 nitrogen and oxygen atoms in total. The molecule has 1 unspecified atom stereocenters. The van der Waals surface area contributed by atoms with E-state index in [1.165, 1.54) is 0 Å². The quantitative estimate of drug-likeness (QED) is 0.808. The van der Waals surface area contributed by atoms with Gasteiger partial charge in [-0.3, -0.25) is 4.79 Å². The second-order valence-corrected chi connectivity index (χ2v) is 5.95. The number of aromatic nitrogens is 1. The molecule has 3 N–H and O–H groups in total. The minimum absolute atomic E-state index is 0.0116. The van der Waals surface area contributed by atoms with E-state index >= 15 is 0 Å². The molecule has 0 bridgehead atoms. The first-order valence-corrected chi connectivity index (χ1v) is 7.43. The molecule has 0 aliphatic carbocycles. The van der Waals surface area contributed by atoms with Crippen LogP contribution in [0.15, 0.2) is 22.8 Å². The third-order valence-corrected chi connectivity index (χ3v) is 3.69. The van der Waals surface area contributed by atoms with Gasteiger partial charge in [-0.05, 0) is 59.3 Å². The Morgan fingerprint density at radius 2 is 2.16 bits per heavy atom. The normalized spacial score (nSPS) is 12.5. The van der Waals surface area contributed by atoms with Crippen LogP contribution in [0.1, 0.15) is 33.1 Å². The summed E-state index contributed by atoms with van der Waals surface area (Å²) >= 11 is 3.31.